The molecule has 8 heteroatoms. The highest BCUT2D eigenvalue weighted by Gasteiger charge is 2.10. The van der Waals surface area contributed by atoms with Gasteiger partial charge >= 0.3 is 0 Å². The van der Waals surface area contributed by atoms with Crippen molar-refractivity contribution in [1.82, 2.24) is 9.97 Å². The van der Waals surface area contributed by atoms with E-state index in [0.29, 0.717) is 16.8 Å². The highest BCUT2D eigenvalue weighted by molar-refractivity contribution is 5.90. The van der Waals surface area contributed by atoms with Crippen LogP contribution in [0.1, 0.15) is 16.1 Å². The van der Waals surface area contributed by atoms with Gasteiger partial charge in [0.15, 0.2) is 5.58 Å². The Morgan fingerprint density at radius 1 is 1.18 bits per heavy atom. The van der Waals surface area contributed by atoms with Gasteiger partial charge in [0.05, 0.1) is 5.69 Å². The second-order valence-corrected chi connectivity index (χ2v) is 5.96. The number of ether oxygens (including phenoxy) is 1. The van der Waals surface area contributed by atoms with E-state index in [-0.39, 0.29) is 24.0 Å². The Morgan fingerprint density at radius 2 is 2.04 bits per heavy atom. The third-order valence-electron chi connectivity index (χ3n) is 3.96. The molecule has 2 aromatic heterocycles. The molecule has 0 saturated carbocycles. The molecule has 1 amide bonds. The van der Waals surface area contributed by atoms with Crippen LogP contribution in [0.5, 0.6) is 5.75 Å². The molecule has 3 N–H and O–H groups in total. The number of nitrogens with two attached hydrogens (primary N) is 1. The van der Waals surface area contributed by atoms with Gasteiger partial charge in [-0.3, -0.25) is 9.78 Å². The van der Waals surface area contributed by atoms with Crippen molar-refractivity contribution in [3.8, 4) is 5.75 Å². The normalized spacial score (nSPS) is 10.8. The Balaban J connectivity index is 1.49. The standard InChI is InChI=1S/C20H15FN4O3/c21-14-3-1-2-4-15(14)24-20-25-16-10-13(5-6-18(16)28-20)27-11-12-7-8-23-17(9-12)19(22)26/h1-10H,11H2,(H2,22,26)(H,24,25). The van der Waals surface area contributed by atoms with Crippen molar-refractivity contribution in [1.29, 1.82) is 0 Å². The summed E-state index contributed by atoms with van der Waals surface area (Å²) in [5, 5.41) is 2.81. The number of amides is 1. The number of oxazole rings is 1. The van der Waals surface area contributed by atoms with Gasteiger partial charge in [-0.1, -0.05) is 12.1 Å². The first-order chi connectivity index (χ1) is 13.6. The Bertz CT molecular complexity index is 1160. The van der Waals surface area contributed by atoms with Crippen LogP contribution >= 0.6 is 0 Å². The van der Waals surface area contributed by atoms with Crippen molar-refractivity contribution >= 4 is 28.7 Å². The lowest BCUT2D eigenvalue weighted by Crippen LogP contribution is -2.13. The number of anilines is 2. The van der Waals surface area contributed by atoms with E-state index in [2.05, 4.69) is 15.3 Å². The van der Waals surface area contributed by atoms with E-state index in [1.807, 2.05) is 0 Å². The monoisotopic (exact) mass is 378 g/mol. The molecule has 140 valence electrons. The molecule has 28 heavy (non-hydrogen) atoms. The maximum Gasteiger partial charge on any atom is 0.300 e. The lowest BCUT2D eigenvalue weighted by atomic mass is 10.2. The van der Waals surface area contributed by atoms with Gasteiger partial charge in [0.2, 0.25) is 0 Å². The number of carbonyl (C=O) groups is 1. The minimum Gasteiger partial charge on any atom is -0.489 e. The van der Waals surface area contributed by atoms with Crippen LogP contribution in [0.15, 0.2) is 65.2 Å². The van der Waals surface area contributed by atoms with Crippen molar-refractivity contribution in [3.05, 3.63) is 77.9 Å². The minimum atomic E-state index is -0.597. The Labute approximate surface area is 159 Å². The summed E-state index contributed by atoms with van der Waals surface area (Å²) < 4.78 is 25.1. The zero-order valence-electron chi connectivity index (χ0n) is 14.6. The zero-order chi connectivity index (χ0) is 19.5. The van der Waals surface area contributed by atoms with Gasteiger partial charge in [-0.25, -0.2) is 4.39 Å². The van der Waals surface area contributed by atoms with Crippen LogP contribution in [0.2, 0.25) is 0 Å². The van der Waals surface area contributed by atoms with E-state index in [1.54, 1.807) is 48.5 Å². The van der Waals surface area contributed by atoms with Crippen LogP contribution in [-0.2, 0) is 6.61 Å². The molecule has 2 heterocycles. The van der Waals surface area contributed by atoms with Crippen molar-refractivity contribution in [2.75, 3.05) is 5.32 Å². The maximum absolute atomic E-state index is 13.7. The fraction of sp³-hybridized carbons (Fsp3) is 0.0500. The summed E-state index contributed by atoms with van der Waals surface area (Å²) in [6.45, 7) is 0.229. The SMILES string of the molecule is NC(=O)c1cc(COc2ccc3oc(Nc4ccccc4F)nc3c2)ccn1. The van der Waals surface area contributed by atoms with Crippen molar-refractivity contribution in [3.63, 3.8) is 0 Å². The van der Waals surface area contributed by atoms with Crippen LogP contribution in [0.4, 0.5) is 16.1 Å². The number of aromatic nitrogens is 2. The third-order valence-corrected chi connectivity index (χ3v) is 3.96. The molecular formula is C20H15FN4O3. The molecular weight excluding hydrogens is 363 g/mol. The van der Waals surface area contributed by atoms with Gasteiger partial charge in [-0.05, 0) is 42.0 Å². The number of benzene rings is 2. The topological polar surface area (TPSA) is 103 Å². The lowest BCUT2D eigenvalue weighted by molar-refractivity contribution is 0.0995. The summed E-state index contributed by atoms with van der Waals surface area (Å²) >= 11 is 0. The van der Waals surface area contributed by atoms with Crippen LogP contribution in [0.25, 0.3) is 11.1 Å². The number of rotatable bonds is 6. The molecule has 0 atom stereocenters. The molecule has 0 radical (unpaired) electrons. The average molecular weight is 378 g/mol. The largest absolute Gasteiger partial charge is 0.489 e. The number of nitrogens with zero attached hydrogens (tertiary/aromatic N) is 2. The Hall–Kier alpha value is -3.94. The van der Waals surface area contributed by atoms with E-state index in [4.69, 9.17) is 14.9 Å². The molecule has 4 rings (SSSR count). The highest BCUT2D eigenvalue weighted by atomic mass is 19.1. The van der Waals surface area contributed by atoms with Crippen LogP contribution in [-0.4, -0.2) is 15.9 Å². The number of halogens is 1. The van der Waals surface area contributed by atoms with Crippen LogP contribution < -0.4 is 15.8 Å². The van der Waals surface area contributed by atoms with Crippen LogP contribution in [0.3, 0.4) is 0 Å². The molecule has 0 aliphatic carbocycles. The first-order valence-electron chi connectivity index (χ1n) is 8.38. The summed E-state index contributed by atoms with van der Waals surface area (Å²) in [5.41, 5.74) is 7.53. The third kappa shape index (κ3) is 3.75. The molecule has 2 aromatic carbocycles. The summed E-state index contributed by atoms with van der Waals surface area (Å²) in [6.07, 6.45) is 1.50. The van der Waals surface area contributed by atoms with Gasteiger partial charge in [0, 0.05) is 12.3 Å². The summed E-state index contributed by atoms with van der Waals surface area (Å²) in [5.74, 6) is -0.433. The van der Waals surface area contributed by atoms with E-state index in [1.165, 1.54) is 12.3 Å². The number of pyridine rings is 1. The summed E-state index contributed by atoms with van der Waals surface area (Å²) in [4.78, 5) is 19.4. The van der Waals surface area contributed by atoms with Gasteiger partial charge in [0.1, 0.15) is 29.4 Å². The number of nitrogens with one attached hydrogen (secondary N) is 1. The van der Waals surface area contributed by atoms with Crippen molar-refractivity contribution < 1.29 is 18.3 Å². The molecule has 0 unspecified atom stereocenters. The minimum absolute atomic E-state index is 0.178. The van der Waals surface area contributed by atoms with E-state index in [0.717, 1.165) is 5.56 Å². The second kappa shape index (κ2) is 7.36. The van der Waals surface area contributed by atoms with Crippen molar-refractivity contribution in [2.45, 2.75) is 6.61 Å². The molecule has 0 saturated heterocycles. The van der Waals surface area contributed by atoms with Gasteiger partial charge in [-0.15, -0.1) is 0 Å². The Morgan fingerprint density at radius 3 is 2.86 bits per heavy atom. The molecule has 4 aromatic rings. The van der Waals surface area contributed by atoms with Crippen molar-refractivity contribution in [2.24, 2.45) is 5.73 Å². The quantitative estimate of drug-likeness (QED) is 0.529. The fourth-order valence-corrected chi connectivity index (χ4v) is 2.59. The summed E-state index contributed by atoms with van der Waals surface area (Å²) in [6, 6.07) is 14.9. The van der Waals surface area contributed by atoms with E-state index >= 15 is 0 Å². The fourth-order valence-electron chi connectivity index (χ4n) is 2.59. The molecule has 0 aliphatic rings. The lowest BCUT2D eigenvalue weighted by Gasteiger charge is -2.06. The predicted octanol–water partition coefficient (Wildman–Crippen LogP) is 3.78. The van der Waals surface area contributed by atoms with Gasteiger partial charge in [0.25, 0.3) is 11.9 Å². The molecule has 7 nitrogen and oxygen atoms in total. The second-order valence-electron chi connectivity index (χ2n) is 5.96. The van der Waals surface area contributed by atoms with Crippen LogP contribution in [0, 0.1) is 5.82 Å². The van der Waals surface area contributed by atoms with Gasteiger partial charge in [-0.2, -0.15) is 4.98 Å². The highest BCUT2D eigenvalue weighted by Crippen LogP contribution is 2.26. The van der Waals surface area contributed by atoms with E-state index < -0.39 is 11.7 Å². The molecule has 0 fully saturated rings. The number of carbonyl (C=O) groups excluding carboxylic acids is 1. The predicted molar refractivity (Wildman–Crippen MR) is 101 cm³/mol. The molecule has 0 aliphatic heterocycles. The first kappa shape index (κ1) is 17.5. The summed E-state index contributed by atoms with van der Waals surface area (Å²) in [7, 11) is 0. The number of para-hydroxylation sites is 1. The number of primary amides is 1. The zero-order valence-corrected chi connectivity index (χ0v) is 14.6. The van der Waals surface area contributed by atoms with E-state index in [9.17, 15) is 9.18 Å². The number of fused-ring (bicyclic) bond motifs is 1. The average Bonchev–Trinajstić information content (AvgIpc) is 3.10. The molecule has 0 spiro atoms. The van der Waals surface area contributed by atoms with Gasteiger partial charge < -0.3 is 20.2 Å². The Kier molecular flexibility index (Phi) is 4.59. The first-order valence-corrected chi connectivity index (χ1v) is 8.38. The number of hydrogen-bond donors (Lipinski definition) is 2. The maximum atomic E-state index is 13.7. The number of hydrogen-bond acceptors (Lipinski definition) is 6. The smallest absolute Gasteiger partial charge is 0.300 e. The molecule has 0 bridgehead atoms.